The summed E-state index contributed by atoms with van der Waals surface area (Å²) in [5, 5.41) is 16.6. The van der Waals surface area contributed by atoms with Crippen molar-refractivity contribution in [1.29, 1.82) is 5.26 Å². The molecule has 1 aromatic carbocycles. The van der Waals surface area contributed by atoms with E-state index in [2.05, 4.69) is 16.5 Å². The number of carbonyl (C=O) groups excluding carboxylic acids is 2. The van der Waals surface area contributed by atoms with Crippen LogP contribution in [-0.4, -0.2) is 33.3 Å². The normalized spacial score (nSPS) is 14.3. The molecular weight excluding hydrogens is 348 g/mol. The molecule has 8 nitrogen and oxygen atoms in total. The number of aryl methyl sites for hydroxylation is 1. The number of fused-ring (bicyclic) bond motifs is 1. The third kappa shape index (κ3) is 3.97. The minimum absolute atomic E-state index is 0.0562. The second-order valence-electron chi connectivity index (χ2n) is 6.83. The van der Waals surface area contributed by atoms with E-state index < -0.39 is 23.5 Å². The number of nitriles is 1. The first-order chi connectivity index (χ1) is 12.6. The highest BCUT2D eigenvalue weighted by molar-refractivity contribution is 6.02. The summed E-state index contributed by atoms with van der Waals surface area (Å²) < 4.78 is 6.28. The van der Waals surface area contributed by atoms with E-state index in [1.807, 2.05) is 0 Å². The lowest BCUT2D eigenvalue weighted by atomic mass is 9.90. The molecule has 2 rings (SSSR count). The molecule has 8 heteroatoms. The van der Waals surface area contributed by atoms with Crippen LogP contribution in [0, 0.1) is 17.2 Å². The molecule has 0 saturated heterocycles. The second kappa shape index (κ2) is 7.58. The van der Waals surface area contributed by atoms with Gasteiger partial charge in [0.1, 0.15) is 5.54 Å². The number of ether oxygens (including phenoxy) is 1. The van der Waals surface area contributed by atoms with E-state index >= 15 is 0 Å². The van der Waals surface area contributed by atoms with Crippen LogP contribution in [0.5, 0.6) is 0 Å². The molecule has 0 spiro atoms. The lowest BCUT2D eigenvalue weighted by Crippen LogP contribution is -2.52. The predicted octanol–water partition coefficient (Wildman–Crippen LogP) is 1.53. The van der Waals surface area contributed by atoms with Gasteiger partial charge in [-0.25, -0.2) is 9.48 Å². The lowest BCUT2D eigenvalue weighted by molar-refractivity contribution is -0.130. The minimum atomic E-state index is -1.14. The fraction of sp³-hybridized carbons (Fsp3) is 0.421. The van der Waals surface area contributed by atoms with Crippen LogP contribution in [0.4, 0.5) is 0 Å². The van der Waals surface area contributed by atoms with Gasteiger partial charge in [0, 0.05) is 12.4 Å². The number of benzene rings is 1. The topological polar surface area (TPSA) is 114 Å². The molecule has 1 amide bonds. The largest absolute Gasteiger partial charge is 0.448 e. The number of hydrogen-bond acceptors (Lipinski definition) is 6. The average molecular weight is 370 g/mol. The third-order valence-corrected chi connectivity index (χ3v) is 4.57. The average Bonchev–Trinajstić information content (AvgIpc) is 2.64. The van der Waals surface area contributed by atoms with E-state index in [0.717, 1.165) is 4.68 Å². The molecule has 0 fully saturated rings. The summed E-state index contributed by atoms with van der Waals surface area (Å²) in [7, 11) is 1.43. The van der Waals surface area contributed by atoms with Gasteiger partial charge in [-0.05, 0) is 25.8 Å². The minimum Gasteiger partial charge on any atom is -0.448 e. The van der Waals surface area contributed by atoms with Crippen LogP contribution in [-0.2, 0) is 16.6 Å². The molecule has 0 unspecified atom stereocenters. The van der Waals surface area contributed by atoms with Gasteiger partial charge < -0.3 is 10.1 Å². The summed E-state index contributed by atoms with van der Waals surface area (Å²) in [6.07, 6.45) is -1.14. The highest BCUT2D eigenvalue weighted by Gasteiger charge is 2.33. The van der Waals surface area contributed by atoms with E-state index in [-0.39, 0.29) is 17.2 Å². The summed E-state index contributed by atoms with van der Waals surface area (Å²) in [4.78, 5) is 37.1. The summed E-state index contributed by atoms with van der Waals surface area (Å²) in [5.41, 5.74) is -1.48. The predicted molar refractivity (Wildman–Crippen MR) is 98.9 cm³/mol. The Balaban J connectivity index is 2.27. The van der Waals surface area contributed by atoms with Gasteiger partial charge in [-0.3, -0.25) is 9.59 Å². The first-order valence-corrected chi connectivity index (χ1v) is 8.51. The van der Waals surface area contributed by atoms with Crippen molar-refractivity contribution >= 4 is 22.6 Å². The number of rotatable bonds is 5. The second-order valence-corrected chi connectivity index (χ2v) is 6.83. The molecule has 0 aliphatic rings. The number of carbonyl (C=O) groups is 2. The maximum atomic E-state index is 12.6. The van der Waals surface area contributed by atoms with Gasteiger partial charge in [0.25, 0.3) is 11.5 Å². The molecule has 1 heterocycles. The summed E-state index contributed by atoms with van der Waals surface area (Å²) in [5.74, 6) is -1.55. The molecule has 27 heavy (non-hydrogen) atoms. The van der Waals surface area contributed by atoms with Gasteiger partial charge >= 0.3 is 5.97 Å². The number of amides is 1. The van der Waals surface area contributed by atoms with Crippen LogP contribution in [0.3, 0.4) is 0 Å². The van der Waals surface area contributed by atoms with E-state index in [1.165, 1.54) is 14.0 Å². The molecule has 0 aliphatic heterocycles. The third-order valence-electron chi connectivity index (χ3n) is 4.57. The number of aromatic nitrogens is 2. The fourth-order valence-electron chi connectivity index (χ4n) is 2.38. The quantitative estimate of drug-likeness (QED) is 0.799. The monoisotopic (exact) mass is 370 g/mol. The molecule has 1 N–H and O–H groups in total. The van der Waals surface area contributed by atoms with E-state index in [1.54, 1.807) is 45.0 Å². The van der Waals surface area contributed by atoms with Gasteiger partial charge in [0.2, 0.25) is 0 Å². The Hall–Kier alpha value is -3.21. The van der Waals surface area contributed by atoms with Crippen molar-refractivity contribution in [3.63, 3.8) is 0 Å². The van der Waals surface area contributed by atoms with Crippen molar-refractivity contribution in [3.8, 4) is 6.07 Å². The smallest absolute Gasteiger partial charge is 0.360 e. The molecule has 0 aliphatic carbocycles. The van der Waals surface area contributed by atoms with Gasteiger partial charge in [-0.2, -0.15) is 10.4 Å². The zero-order chi connectivity index (χ0) is 20.4. The number of esters is 1. The Kier molecular flexibility index (Phi) is 5.64. The van der Waals surface area contributed by atoms with Crippen LogP contribution < -0.4 is 10.9 Å². The highest BCUT2D eigenvalue weighted by Crippen LogP contribution is 2.17. The van der Waals surface area contributed by atoms with Gasteiger partial charge in [-0.1, -0.05) is 32.0 Å². The van der Waals surface area contributed by atoms with Crippen molar-refractivity contribution in [3.05, 3.63) is 40.3 Å². The van der Waals surface area contributed by atoms with Gasteiger partial charge in [-0.15, -0.1) is 0 Å². The fourth-order valence-corrected chi connectivity index (χ4v) is 2.38. The Morgan fingerprint density at radius 1 is 1.26 bits per heavy atom. The van der Waals surface area contributed by atoms with Crippen LogP contribution in [0.25, 0.3) is 10.8 Å². The highest BCUT2D eigenvalue weighted by atomic mass is 16.5. The zero-order valence-corrected chi connectivity index (χ0v) is 15.9. The zero-order valence-electron chi connectivity index (χ0n) is 15.9. The van der Waals surface area contributed by atoms with Gasteiger partial charge in [0.15, 0.2) is 11.8 Å². The number of hydrogen-bond donors (Lipinski definition) is 1. The molecule has 0 bridgehead atoms. The Bertz CT molecular complexity index is 989. The van der Waals surface area contributed by atoms with Crippen molar-refractivity contribution in [1.82, 2.24) is 15.1 Å². The van der Waals surface area contributed by atoms with Crippen molar-refractivity contribution in [2.24, 2.45) is 13.0 Å². The van der Waals surface area contributed by atoms with Gasteiger partial charge in [0.05, 0.1) is 11.5 Å². The van der Waals surface area contributed by atoms with Crippen LogP contribution in [0.2, 0.25) is 0 Å². The van der Waals surface area contributed by atoms with Crippen molar-refractivity contribution in [2.75, 3.05) is 0 Å². The molecule has 0 saturated carbocycles. The standard InChI is InChI=1S/C19H22N4O4/c1-11(2)19(4,10-20)21-16(24)12(3)27-18(26)15-13-8-6-7-9-14(13)17(25)23(5)22-15/h6-9,11-12H,1-5H3,(H,21,24)/t12-,19+/m0/s1. The van der Waals surface area contributed by atoms with E-state index in [9.17, 15) is 19.6 Å². The van der Waals surface area contributed by atoms with Crippen LogP contribution in [0.1, 0.15) is 38.2 Å². The molecule has 142 valence electrons. The molecular formula is C19H22N4O4. The SMILES string of the molecule is CC(C)[C@@](C)(C#N)NC(=O)[C@H](C)OC(=O)c1nn(C)c(=O)c2ccccc12. The Morgan fingerprint density at radius 3 is 2.41 bits per heavy atom. The number of nitrogens with one attached hydrogen (secondary N) is 1. The van der Waals surface area contributed by atoms with Crippen molar-refractivity contribution < 1.29 is 14.3 Å². The maximum Gasteiger partial charge on any atom is 0.360 e. The summed E-state index contributed by atoms with van der Waals surface area (Å²) >= 11 is 0. The molecule has 2 aromatic rings. The van der Waals surface area contributed by atoms with E-state index in [4.69, 9.17) is 4.74 Å². The Morgan fingerprint density at radius 2 is 1.85 bits per heavy atom. The molecule has 2 atom stereocenters. The number of nitrogens with zero attached hydrogens (tertiary/aromatic N) is 3. The summed E-state index contributed by atoms with van der Waals surface area (Å²) in [6, 6.07) is 8.61. The molecule has 0 radical (unpaired) electrons. The maximum absolute atomic E-state index is 12.6. The van der Waals surface area contributed by atoms with E-state index in [0.29, 0.717) is 10.8 Å². The first kappa shape index (κ1) is 20.1. The lowest BCUT2D eigenvalue weighted by Gasteiger charge is -2.28. The molecule has 1 aromatic heterocycles. The van der Waals surface area contributed by atoms with Crippen molar-refractivity contribution in [2.45, 2.75) is 39.3 Å². The summed E-state index contributed by atoms with van der Waals surface area (Å²) in [6.45, 7) is 6.63. The first-order valence-electron chi connectivity index (χ1n) is 8.51. The Labute approximate surface area is 156 Å². The van der Waals surface area contributed by atoms with Crippen LogP contribution >= 0.6 is 0 Å². The van der Waals surface area contributed by atoms with Crippen LogP contribution in [0.15, 0.2) is 29.1 Å².